The zero-order valence-electron chi connectivity index (χ0n) is 12.8. The lowest BCUT2D eigenvalue weighted by atomic mass is 10.1. The second-order valence-corrected chi connectivity index (χ2v) is 5.24. The maximum Gasteiger partial charge on any atom is 0.289 e. The van der Waals surface area contributed by atoms with Crippen LogP contribution in [0.1, 0.15) is 16.2 Å². The first-order valence-corrected chi connectivity index (χ1v) is 7.35. The summed E-state index contributed by atoms with van der Waals surface area (Å²) < 4.78 is 10.6. The molecule has 0 unspecified atom stereocenters. The number of nitrogens with one attached hydrogen (secondary N) is 1. The van der Waals surface area contributed by atoms with Gasteiger partial charge >= 0.3 is 0 Å². The fourth-order valence-electron chi connectivity index (χ4n) is 2.48. The van der Waals surface area contributed by atoms with Crippen LogP contribution >= 0.6 is 0 Å². The van der Waals surface area contributed by atoms with Gasteiger partial charge in [-0.05, 0) is 36.4 Å². The minimum atomic E-state index is -0.326. The van der Waals surface area contributed by atoms with Crippen LogP contribution in [0.2, 0.25) is 0 Å². The predicted molar refractivity (Wildman–Crippen MR) is 88.0 cm³/mol. The molecule has 2 aromatic heterocycles. The molecule has 0 aliphatic rings. The molecule has 2 aromatic carbocycles. The van der Waals surface area contributed by atoms with Crippen LogP contribution in [0.25, 0.3) is 22.5 Å². The lowest BCUT2D eigenvalue weighted by Gasteiger charge is -2.00. The number of hydrogen-bond acceptors (Lipinski definition) is 5. The predicted octanol–water partition coefficient (Wildman–Crippen LogP) is 3.46. The smallest absolute Gasteiger partial charge is 0.289 e. The van der Waals surface area contributed by atoms with Crippen LogP contribution in [-0.2, 0) is 0 Å². The Bertz CT molecular complexity index is 982. The second-order valence-electron chi connectivity index (χ2n) is 5.24. The van der Waals surface area contributed by atoms with Crippen molar-refractivity contribution in [2.24, 2.45) is 0 Å². The van der Waals surface area contributed by atoms with Crippen LogP contribution in [0.3, 0.4) is 0 Å². The number of benzene rings is 2. The molecule has 24 heavy (non-hydrogen) atoms. The molecule has 0 amide bonds. The van der Waals surface area contributed by atoms with E-state index in [1.54, 1.807) is 31.4 Å². The summed E-state index contributed by atoms with van der Waals surface area (Å²) >= 11 is 0. The van der Waals surface area contributed by atoms with Gasteiger partial charge in [-0.25, -0.2) is 0 Å². The molecule has 0 aliphatic heterocycles. The number of carbonyl (C=O) groups excluding carboxylic acids is 1. The van der Waals surface area contributed by atoms with Crippen molar-refractivity contribution in [3.05, 3.63) is 66.1 Å². The van der Waals surface area contributed by atoms with Crippen molar-refractivity contribution in [1.82, 2.24) is 15.2 Å². The summed E-state index contributed by atoms with van der Waals surface area (Å²) in [7, 11) is 1.57. The Labute approximate surface area is 137 Å². The fraction of sp³-hybridized carbons (Fsp3) is 0.0556. The summed E-state index contributed by atoms with van der Waals surface area (Å²) in [6.45, 7) is 0. The van der Waals surface area contributed by atoms with Gasteiger partial charge in [-0.2, -0.15) is 0 Å². The molecule has 0 fully saturated rings. The molecule has 0 radical (unpaired) electrons. The maximum atomic E-state index is 12.4. The number of rotatable bonds is 4. The number of H-pyrrole nitrogens is 1. The highest BCUT2D eigenvalue weighted by Gasteiger charge is 2.18. The van der Waals surface area contributed by atoms with Crippen LogP contribution in [-0.4, -0.2) is 28.1 Å². The average molecular weight is 319 g/mol. The van der Waals surface area contributed by atoms with Crippen LogP contribution in [0.15, 0.2) is 59.0 Å². The highest BCUT2D eigenvalue weighted by Crippen LogP contribution is 2.23. The van der Waals surface area contributed by atoms with Crippen molar-refractivity contribution in [1.29, 1.82) is 0 Å². The lowest BCUT2D eigenvalue weighted by Crippen LogP contribution is -2.01. The van der Waals surface area contributed by atoms with Crippen molar-refractivity contribution in [2.45, 2.75) is 0 Å². The first-order chi connectivity index (χ1) is 11.7. The third kappa shape index (κ3) is 2.44. The van der Waals surface area contributed by atoms with Crippen LogP contribution in [0.4, 0.5) is 0 Å². The molecule has 0 aliphatic carbocycles. The van der Waals surface area contributed by atoms with Gasteiger partial charge in [0, 0.05) is 16.5 Å². The number of para-hydroxylation sites is 1. The third-order valence-electron chi connectivity index (χ3n) is 3.73. The Hall–Kier alpha value is -3.41. The minimum absolute atomic E-state index is 0.0474. The van der Waals surface area contributed by atoms with E-state index in [1.807, 2.05) is 30.3 Å². The van der Waals surface area contributed by atoms with E-state index in [4.69, 9.17) is 9.15 Å². The summed E-state index contributed by atoms with van der Waals surface area (Å²) in [6.07, 6.45) is 0. The molecule has 6 nitrogen and oxygen atoms in total. The van der Waals surface area contributed by atoms with E-state index >= 15 is 0 Å². The number of aromatic nitrogens is 3. The van der Waals surface area contributed by atoms with E-state index in [2.05, 4.69) is 15.2 Å². The zero-order chi connectivity index (χ0) is 16.5. The summed E-state index contributed by atoms with van der Waals surface area (Å²) in [6, 6.07) is 16.5. The third-order valence-corrected chi connectivity index (χ3v) is 3.73. The van der Waals surface area contributed by atoms with Gasteiger partial charge in [0.15, 0.2) is 0 Å². The quantitative estimate of drug-likeness (QED) is 0.583. The largest absolute Gasteiger partial charge is 0.497 e. The number of methoxy groups -OCH3 is 1. The fourth-order valence-corrected chi connectivity index (χ4v) is 2.48. The maximum absolute atomic E-state index is 12.4. The standard InChI is InChI=1S/C18H13N3O3/c1-23-13-8-6-11(7-9-13)16(22)18-21-20-17(24-18)15-10-12-4-2-3-5-14(12)19-15/h2-10,19H,1H3. The molecule has 118 valence electrons. The number of ether oxygens (including phenoxy) is 1. The molecule has 0 saturated carbocycles. The van der Waals surface area contributed by atoms with Crippen LogP contribution in [0, 0.1) is 0 Å². The van der Waals surface area contributed by atoms with Crippen molar-refractivity contribution in [2.75, 3.05) is 7.11 Å². The molecule has 2 heterocycles. The van der Waals surface area contributed by atoms with Gasteiger partial charge in [0.2, 0.25) is 5.78 Å². The number of aromatic amines is 1. The Morgan fingerprint density at radius 2 is 1.88 bits per heavy atom. The molecule has 0 bridgehead atoms. The number of fused-ring (bicyclic) bond motifs is 1. The summed E-state index contributed by atoms with van der Waals surface area (Å²) in [5.74, 6) is 0.584. The summed E-state index contributed by atoms with van der Waals surface area (Å²) in [5.41, 5.74) is 2.11. The summed E-state index contributed by atoms with van der Waals surface area (Å²) in [5, 5.41) is 8.87. The van der Waals surface area contributed by atoms with Gasteiger partial charge in [0.1, 0.15) is 11.4 Å². The highest BCUT2D eigenvalue weighted by molar-refractivity contribution is 6.06. The molecule has 0 spiro atoms. The molecule has 4 aromatic rings. The van der Waals surface area contributed by atoms with E-state index in [9.17, 15) is 4.79 Å². The average Bonchev–Trinajstić information content (AvgIpc) is 3.27. The first kappa shape index (κ1) is 14.2. The first-order valence-electron chi connectivity index (χ1n) is 7.35. The van der Waals surface area contributed by atoms with Crippen LogP contribution in [0.5, 0.6) is 5.75 Å². The molecule has 6 heteroatoms. The monoisotopic (exact) mass is 319 g/mol. The Morgan fingerprint density at radius 3 is 2.62 bits per heavy atom. The normalized spacial score (nSPS) is 10.9. The molecule has 0 atom stereocenters. The van der Waals surface area contributed by atoms with E-state index in [1.165, 1.54) is 0 Å². The second kappa shape index (κ2) is 5.66. The topological polar surface area (TPSA) is 81.0 Å². The number of nitrogens with zero attached hydrogens (tertiary/aromatic N) is 2. The SMILES string of the molecule is COc1ccc(C(=O)c2nnc(-c3cc4ccccc4[nH]3)o2)cc1. The lowest BCUT2D eigenvalue weighted by molar-refractivity contribution is 0.100. The van der Waals surface area contributed by atoms with E-state index in [0.29, 0.717) is 17.0 Å². The molecular formula is C18H13N3O3. The van der Waals surface area contributed by atoms with E-state index in [0.717, 1.165) is 10.9 Å². The Kier molecular flexibility index (Phi) is 3.35. The number of ketones is 1. The van der Waals surface area contributed by atoms with Gasteiger partial charge in [0.25, 0.3) is 11.8 Å². The van der Waals surface area contributed by atoms with Gasteiger partial charge in [-0.1, -0.05) is 18.2 Å². The number of carbonyl (C=O) groups is 1. The van der Waals surface area contributed by atoms with Gasteiger partial charge in [0.05, 0.1) is 7.11 Å². The van der Waals surface area contributed by atoms with Crippen molar-refractivity contribution < 1.29 is 13.9 Å². The molecule has 4 rings (SSSR count). The van der Waals surface area contributed by atoms with Crippen molar-refractivity contribution in [3.63, 3.8) is 0 Å². The van der Waals surface area contributed by atoms with Crippen LogP contribution < -0.4 is 4.74 Å². The highest BCUT2D eigenvalue weighted by atomic mass is 16.5. The Balaban J connectivity index is 1.64. The van der Waals surface area contributed by atoms with E-state index in [-0.39, 0.29) is 17.6 Å². The minimum Gasteiger partial charge on any atom is -0.497 e. The zero-order valence-corrected chi connectivity index (χ0v) is 12.8. The molecule has 0 saturated heterocycles. The van der Waals surface area contributed by atoms with E-state index < -0.39 is 0 Å². The van der Waals surface area contributed by atoms with Crippen molar-refractivity contribution >= 4 is 16.7 Å². The van der Waals surface area contributed by atoms with Gasteiger partial charge < -0.3 is 14.1 Å². The van der Waals surface area contributed by atoms with Gasteiger partial charge in [-0.15, -0.1) is 10.2 Å². The Morgan fingerprint density at radius 1 is 1.08 bits per heavy atom. The van der Waals surface area contributed by atoms with Crippen molar-refractivity contribution in [3.8, 4) is 17.3 Å². The van der Waals surface area contributed by atoms with Gasteiger partial charge in [-0.3, -0.25) is 4.79 Å². The summed E-state index contributed by atoms with van der Waals surface area (Å²) in [4.78, 5) is 15.6. The number of hydrogen-bond donors (Lipinski definition) is 1. The molecule has 1 N–H and O–H groups in total. The molecular weight excluding hydrogens is 306 g/mol.